The van der Waals surface area contributed by atoms with Gasteiger partial charge in [0.25, 0.3) is 0 Å². The first kappa shape index (κ1) is 7.28. The molecule has 0 saturated carbocycles. The Hall–Kier alpha value is -1.14. The van der Waals surface area contributed by atoms with Gasteiger partial charge in [-0.2, -0.15) is 0 Å². The summed E-state index contributed by atoms with van der Waals surface area (Å²) in [6.45, 7) is 0. The van der Waals surface area contributed by atoms with E-state index < -0.39 is 0 Å². The predicted molar refractivity (Wildman–Crippen MR) is 54.9 cm³/mol. The van der Waals surface area contributed by atoms with Crippen molar-refractivity contribution >= 4 is 32.9 Å². The third kappa shape index (κ3) is 0.895. The Morgan fingerprint density at radius 3 is 1.85 bits per heavy atom. The van der Waals surface area contributed by atoms with Crippen molar-refractivity contribution in [2.45, 2.75) is 6.42 Å². The van der Waals surface area contributed by atoms with Gasteiger partial charge < -0.3 is 11.5 Å². The average molecular weight is 210 g/mol. The highest BCUT2D eigenvalue weighted by atomic mass is 32.1. The van der Waals surface area contributed by atoms with Crippen LogP contribution >= 0.6 is 22.7 Å². The molecule has 1 aliphatic carbocycles. The zero-order valence-electron chi connectivity index (χ0n) is 6.57. The molecule has 0 aromatic carbocycles. The van der Waals surface area contributed by atoms with Crippen LogP contribution in [0.3, 0.4) is 0 Å². The Labute approximate surface area is 82.2 Å². The van der Waals surface area contributed by atoms with Crippen LogP contribution in [0.4, 0.5) is 10.3 Å². The summed E-state index contributed by atoms with van der Waals surface area (Å²) in [6, 6.07) is 0. The van der Waals surface area contributed by atoms with Gasteiger partial charge in [-0.05, 0) is 0 Å². The van der Waals surface area contributed by atoms with Gasteiger partial charge in [0.1, 0.15) is 11.4 Å². The Morgan fingerprint density at radius 2 is 1.38 bits per heavy atom. The van der Waals surface area contributed by atoms with Crippen LogP contribution in [0.2, 0.25) is 0 Å². The van der Waals surface area contributed by atoms with Gasteiger partial charge in [0, 0.05) is 16.2 Å². The molecule has 0 unspecified atom stereocenters. The predicted octanol–water partition coefficient (Wildman–Crippen LogP) is 1.34. The van der Waals surface area contributed by atoms with E-state index in [1.165, 1.54) is 32.4 Å². The Morgan fingerprint density at radius 1 is 0.923 bits per heavy atom. The lowest BCUT2D eigenvalue weighted by atomic mass is 10.4. The molecule has 66 valence electrons. The first-order valence-corrected chi connectivity index (χ1v) is 5.38. The molecule has 13 heavy (non-hydrogen) atoms. The second kappa shape index (κ2) is 2.21. The monoisotopic (exact) mass is 210 g/mol. The van der Waals surface area contributed by atoms with E-state index in [4.69, 9.17) is 11.5 Å². The number of hydrogen-bond donors (Lipinski definition) is 2. The number of nitrogens with zero attached hydrogens (tertiary/aromatic N) is 2. The number of rotatable bonds is 0. The van der Waals surface area contributed by atoms with Crippen LogP contribution in [0.1, 0.15) is 9.75 Å². The van der Waals surface area contributed by atoms with E-state index >= 15 is 0 Å². The third-order valence-corrected chi connectivity index (χ3v) is 3.74. The molecule has 0 spiro atoms. The molecule has 0 fully saturated rings. The van der Waals surface area contributed by atoms with E-state index in [0.29, 0.717) is 10.3 Å². The van der Waals surface area contributed by atoms with Crippen molar-refractivity contribution in [1.29, 1.82) is 0 Å². The van der Waals surface area contributed by atoms with Crippen LogP contribution in [0.15, 0.2) is 0 Å². The van der Waals surface area contributed by atoms with E-state index in [-0.39, 0.29) is 0 Å². The Balaban J connectivity index is 2.28. The van der Waals surface area contributed by atoms with Crippen LogP contribution in [0, 0.1) is 0 Å². The number of hydrogen-bond acceptors (Lipinski definition) is 6. The molecule has 0 aliphatic heterocycles. The van der Waals surface area contributed by atoms with Crippen LogP contribution in [-0.4, -0.2) is 9.97 Å². The van der Waals surface area contributed by atoms with E-state index in [9.17, 15) is 0 Å². The summed E-state index contributed by atoms with van der Waals surface area (Å²) >= 11 is 3.07. The zero-order valence-corrected chi connectivity index (χ0v) is 8.21. The largest absolute Gasteiger partial charge is 0.375 e. The molecule has 0 atom stereocenters. The molecular formula is C7H6N4S2. The topological polar surface area (TPSA) is 77.8 Å². The highest BCUT2D eigenvalue weighted by Gasteiger charge is 2.26. The van der Waals surface area contributed by atoms with E-state index in [1.807, 2.05) is 0 Å². The van der Waals surface area contributed by atoms with Crippen molar-refractivity contribution in [3.8, 4) is 11.4 Å². The quantitative estimate of drug-likeness (QED) is 0.587. The molecule has 2 heterocycles. The molecule has 2 aromatic rings. The number of anilines is 2. The summed E-state index contributed by atoms with van der Waals surface area (Å²) < 4.78 is 0. The minimum atomic E-state index is 0.613. The number of aromatic nitrogens is 2. The van der Waals surface area contributed by atoms with E-state index in [2.05, 4.69) is 9.97 Å². The minimum absolute atomic E-state index is 0.613. The van der Waals surface area contributed by atoms with Crippen molar-refractivity contribution in [2.75, 3.05) is 11.5 Å². The van der Waals surface area contributed by atoms with Gasteiger partial charge >= 0.3 is 0 Å². The molecule has 3 rings (SSSR count). The number of nitrogen functional groups attached to an aromatic ring is 2. The maximum Gasteiger partial charge on any atom is 0.180 e. The molecular weight excluding hydrogens is 204 g/mol. The molecule has 4 nitrogen and oxygen atoms in total. The summed E-state index contributed by atoms with van der Waals surface area (Å²) in [5, 5.41) is 1.23. The number of nitrogens with two attached hydrogens (primary N) is 2. The van der Waals surface area contributed by atoms with Crippen molar-refractivity contribution < 1.29 is 0 Å². The molecule has 2 aromatic heterocycles. The van der Waals surface area contributed by atoms with Crippen LogP contribution in [-0.2, 0) is 6.42 Å². The second-order valence-corrected chi connectivity index (χ2v) is 5.05. The molecule has 6 heteroatoms. The maximum absolute atomic E-state index is 5.60. The highest BCUT2D eigenvalue weighted by Crippen LogP contribution is 2.42. The first-order chi connectivity index (χ1) is 6.24. The molecule has 0 radical (unpaired) electrons. The SMILES string of the molecule is Nc1nc2c(s1)Cc1sc(N)nc1-2. The third-order valence-electron chi connectivity index (χ3n) is 1.97. The number of fused-ring (bicyclic) bond motifs is 3. The zero-order chi connectivity index (χ0) is 9.00. The maximum atomic E-state index is 5.60. The summed E-state index contributed by atoms with van der Waals surface area (Å²) in [6.07, 6.45) is 0.897. The lowest BCUT2D eigenvalue weighted by molar-refractivity contribution is 1.34. The van der Waals surface area contributed by atoms with Gasteiger partial charge in [-0.3, -0.25) is 0 Å². The van der Waals surface area contributed by atoms with Crippen molar-refractivity contribution in [1.82, 2.24) is 9.97 Å². The standard InChI is InChI=1S/C7H6N4S2/c8-6-10-4-2(12-6)1-3-5(4)11-7(9)13-3/h1H2,(H2,8,10)(H2,9,11). The van der Waals surface area contributed by atoms with Gasteiger partial charge in [-0.15, -0.1) is 22.7 Å². The van der Waals surface area contributed by atoms with E-state index in [1.54, 1.807) is 0 Å². The lowest BCUT2D eigenvalue weighted by Crippen LogP contribution is -1.84. The average Bonchev–Trinajstić information content (AvgIpc) is 2.60. The minimum Gasteiger partial charge on any atom is -0.375 e. The summed E-state index contributed by atoms with van der Waals surface area (Å²) in [5.41, 5.74) is 13.1. The first-order valence-electron chi connectivity index (χ1n) is 3.75. The van der Waals surface area contributed by atoms with E-state index in [0.717, 1.165) is 17.8 Å². The normalized spacial score (nSPS) is 12.9. The van der Waals surface area contributed by atoms with Gasteiger partial charge in [0.2, 0.25) is 0 Å². The summed E-state index contributed by atoms with van der Waals surface area (Å²) in [5.74, 6) is 0. The molecule has 1 aliphatic rings. The fourth-order valence-corrected chi connectivity index (χ4v) is 3.28. The van der Waals surface area contributed by atoms with Gasteiger partial charge in [0.05, 0.1) is 0 Å². The molecule has 0 amide bonds. The number of thiazole rings is 2. The van der Waals surface area contributed by atoms with Gasteiger partial charge in [-0.1, -0.05) is 0 Å². The summed E-state index contributed by atoms with van der Waals surface area (Å²) in [4.78, 5) is 10.9. The van der Waals surface area contributed by atoms with Crippen molar-refractivity contribution in [2.24, 2.45) is 0 Å². The van der Waals surface area contributed by atoms with Crippen molar-refractivity contribution in [3.05, 3.63) is 9.75 Å². The Bertz CT molecular complexity index is 440. The fourth-order valence-electron chi connectivity index (χ4n) is 1.50. The van der Waals surface area contributed by atoms with Crippen LogP contribution in [0.25, 0.3) is 11.4 Å². The molecule has 0 bridgehead atoms. The summed E-state index contributed by atoms with van der Waals surface area (Å²) in [7, 11) is 0. The van der Waals surface area contributed by atoms with Gasteiger partial charge in [-0.25, -0.2) is 9.97 Å². The van der Waals surface area contributed by atoms with Crippen LogP contribution < -0.4 is 11.5 Å². The van der Waals surface area contributed by atoms with Crippen LogP contribution in [0.5, 0.6) is 0 Å². The molecule has 0 saturated heterocycles. The highest BCUT2D eigenvalue weighted by molar-refractivity contribution is 7.18. The lowest BCUT2D eigenvalue weighted by Gasteiger charge is -1.84. The smallest absolute Gasteiger partial charge is 0.180 e. The van der Waals surface area contributed by atoms with Gasteiger partial charge in [0.15, 0.2) is 10.3 Å². The molecule has 4 N–H and O–H groups in total. The fraction of sp³-hybridized carbons (Fsp3) is 0.143. The Kier molecular flexibility index (Phi) is 1.24. The van der Waals surface area contributed by atoms with Crippen molar-refractivity contribution in [3.63, 3.8) is 0 Å². The second-order valence-electron chi connectivity index (χ2n) is 2.82.